The number of hydrogen-bond donors (Lipinski definition) is 1. The largest absolute Gasteiger partial charge is 0.338 e. The zero-order valence-electron chi connectivity index (χ0n) is 10.5. The third-order valence-corrected chi connectivity index (χ3v) is 3.93. The van der Waals surface area contributed by atoms with Gasteiger partial charge < -0.3 is 10.2 Å². The van der Waals surface area contributed by atoms with Crippen molar-refractivity contribution in [1.29, 1.82) is 0 Å². The number of nitrogens with zero attached hydrogens (tertiary/aromatic N) is 1. The van der Waals surface area contributed by atoms with Crippen LogP contribution in [0.25, 0.3) is 0 Å². The molecule has 0 saturated carbocycles. The van der Waals surface area contributed by atoms with Gasteiger partial charge in [-0.1, -0.05) is 19.8 Å². The van der Waals surface area contributed by atoms with Gasteiger partial charge in [0.2, 0.25) is 5.91 Å². The van der Waals surface area contributed by atoms with E-state index in [1.54, 1.807) is 0 Å². The lowest BCUT2D eigenvalue weighted by atomic mass is 10.1. The molecule has 2 saturated heterocycles. The van der Waals surface area contributed by atoms with E-state index in [0.717, 1.165) is 19.5 Å². The molecule has 1 N–H and O–H groups in total. The van der Waals surface area contributed by atoms with Gasteiger partial charge >= 0.3 is 0 Å². The molecule has 0 radical (unpaired) electrons. The van der Waals surface area contributed by atoms with Crippen molar-refractivity contribution in [2.24, 2.45) is 5.92 Å². The van der Waals surface area contributed by atoms with Crippen molar-refractivity contribution < 1.29 is 4.79 Å². The molecule has 0 aromatic heterocycles. The monoisotopic (exact) mass is 224 g/mol. The second kappa shape index (κ2) is 5.17. The van der Waals surface area contributed by atoms with Crippen LogP contribution in [0, 0.1) is 5.92 Å². The molecule has 16 heavy (non-hydrogen) atoms. The topological polar surface area (TPSA) is 32.3 Å². The summed E-state index contributed by atoms with van der Waals surface area (Å²) in [4.78, 5) is 14.5. The molecule has 3 heteroatoms. The van der Waals surface area contributed by atoms with Crippen LogP contribution in [0.5, 0.6) is 0 Å². The Morgan fingerprint density at radius 3 is 2.75 bits per heavy atom. The number of rotatable bonds is 1. The van der Waals surface area contributed by atoms with Gasteiger partial charge in [-0.25, -0.2) is 0 Å². The van der Waals surface area contributed by atoms with Crippen molar-refractivity contribution in [3.8, 4) is 0 Å². The Labute approximate surface area is 98.6 Å². The molecule has 3 atom stereocenters. The molecule has 2 rings (SSSR count). The van der Waals surface area contributed by atoms with Crippen LogP contribution in [0.4, 0.5) is 0 Å². The summed E-state index contributed by atoms with van der Waals surface area (Å²) in [5.41, 5.74) is 0. The summed E-state index contributed by atoms with van der Waals surface area (Å²) in [5.74, 6) is 1.02. The summed E-state index contributed by atoms with van der Waals surface area (Å²) < 4.78 is 0. The van der Waals surface area contributed by atoms with E-state index >= 15 is 0 Å². The first-order chi connectivity index (χ1) is 7.68. The van der Waals surface area contributed by atoms with Gasteiger partial charge in [0, 0.05) is 12.6 Å². The van der Waals surface area contributed by atoms with Crippen LogP contribution in [-0.2, 0) is 4.79 Å². The van der Waals surface area contributed by atoms with Crippen molar-refractivity contribution in [3.63, 3.8) is 0 Å². The van der Waals surface area contributed by atoms with Crippen LogP contribution in [0.15, 0.2) is 0 Å². The number of amides is 1. The Bertz CT molecular complexity index is 246. The highest BCUT2D eigenvalue weighted by molar-refractivity contribution is 5.82. The first-order valence-corrected chi connectivity index (χ1v) is 6.72. The smallest absolute Gasteiger partial charge is 0.239 e. The van der Waals surface area contributed by atoms with Crippen LogP contribution in [-0.4, -0.2) is 36.0 Å². The normalized spacial score (nSPS) is 36.1. The Kier molecular flexibility index (Phi) is 3.85. The van der Waals surface area contributed by atoms with E-state index in [0.29, 0.717) is 17.9 Å². The third kappa shape index (κ3) is 2.57. The average molecular weight is 224 g/mol. The molecule has 2 heterocycles. The molecular weight excluding hydrogens is 200 g/mol. The first-order valence-electron chi connectivity index (χ1n) is 6.72. The Balaban J connectivity index is 1.95. The summed E-state index contributed by atoms with van der Waals surface area (Å²) in [6.07, 6.45) is 5.87. The van der Waals surface area contributed by atoms with Crippen LogP contribution >= 0.6 is 0 Å². The minimum atomic E-state index is 0.0928. The van der Waals surface area contributed by atoms with E-state index in [2.05, 4.69) is 24.1 Å². The van der Waals surface area contributed by atoms with E-state index in [1.165, 1.54) is 25.7 Å². The standard InChI is InChI=1S/C13H24N2O/c1-10-8-11(2)15(9-10)13(16)12-6-4-3-5-7-14-12/h10-12,14H,3-9H2,1-2H3. The van der Waals surface area contributed by atoms with Gasteiger partial charge in [-0.2, -0.15) is 0 Å². The Morgan fingerprint density at radius 1 is 1.25 bits per heavy atom. The molecule has 2 aliphatic heterocycles. The first kappa shape index (κ1) is 11.9. The Hall–Kier alpha value is -0.570. The molecular formula is C13H24N2O. The van der Waals surface area contributed by atoms with Gasteiger partial charge in [-0.15, -0.1) is 0 Å². The van der Waals surface area contributed by atoms with Crippen molar-refractivity contribution in [3.05, 3.63) is 0 Å². The molecule has 0 bridgehead atoms. The second-order valence-electron chi connectivity index (χ2n) is 5.54. The van der Waals surface area contributed by atoms with Gasteiger partial charge in [0.1, 0.15) is 0 Å². The van der Waals surface area contributed by atoms with Crippen LogP contribution < -0.4 is 5.32 Å². The maximum absolute atomic E-state index is 12.4. The van der Waals surface area contributed by atoms with Crippen molar-refractivity contribution >= 4 is 5.91 Å². The van der Waals surface area contributed by atoms with E-state index in [-0.39, 0.29) is 6.04 Å². The quantitative estimate of drug-likeness (QED) is 0.736. The summed E-state index contributed by atoms with van der Waals surface area (Å²) in [6.45, 7) is 6.38. The number of hydrogen-bond acceptors (Lipinski definition) is 2. The molecule has 3 nitrogen and oxygen atoms in total. The second-order valence-corrected chi connectivity index (χ2v) is 5.54. The minimum absolute atomic E-state index is 0.0928. The third-order valence-electron chi connectivity index (χ3n) is 3.93. The maximum Gasteiger partial charge on any atom is 0.239 e. The van der Waals surface area contributed by atoms with E-state index < -0.39 is 0 Å². The summed E-state index contributed by atoms with van der Waals surface area (Å²) >= 11 is 0. The van der Waals surface area contributed by atoms with Gasteiger partial charge in [-0.05, 0) is 38.6 Å². The van der Waals surface area contributed by atoms with Crippen LogP contribution in [0.2, 0.25) is 0 Å². The molecule has 92 valence electrons. The molecule has 0 aliphatic carbocycles. The highest BCUT2D eigenvalue weighted by Gasteiger charge is 2.33. The van der Waals surface area contributed by atoms with E-state index in [9.17, 15) is 4.79 Å². The van der Waals surface area contributed by atoms with Crippen molar-refractivity contribution in [2.75, 3.05) is 13.1 Å². The fraction of sp³-hybridized carbons (Fsp3) is 0.923. The highest BCUT2D eigenvalue weighted by Crippen LogP contribution is 2.24. The molecule has 2 aliphatic rings. The van der Waals surface area contributed by atoms with Crippen LogP contribution in [0.1, 0.15) is 46.0 Å². The molecule has 0 aromatic carbocycles. The van der Waals surface area contributed by atoms with Gasteiger partial charge in [0.25, 0.3) is 0 Å². The molecule has 2 fully saturated rings. The summed E-state index contributed by atoms with van der Waals surface area (Å²) in [5, 5.41) is 3.40. The fourth-order valence-electron chi connectivity index (χ4n) is 3.05. The highest BCUT2D eigenvalue weighted by atomic mass is 16.2. The zero-order valence-corrected chi connectivity index (χ0v) is 10.5. The number of nitrogens with one attached hydrogen (secondary N) is 1. The summed E-state index contributed by atoms with van der Waals surface area (Å²) in [7, 11) is 0. The predicted molar refractivity (Wildman–Crippen MR) is 65.2 cm³/mol. The summed E-state index contributed by atoms with van der Waals surface area (Å²) in [6, 6.07) is 0.530. The molecule has 0 spiro atoms. The number of carbonyl (C=O) groups is 1. The van der Waals surface area contributed by atoms with Crippen molar-refractivity contribution in [1.82, 2.24) is 10.2 Å². The van der Waals surface area contributed by atoms with Crippen molar-refractivity contribution in [2.45, 2.75) is 58.0 Å². The number of carbonyl (C=O) groups excluding carboxylic acids is 1. The van der Waals surface area contributed by atoms with E-state index in [4.69, 9.17) is 0 Å². The zero-order chi connectivity index (χ0) is 11.5. The van der Waals surface area contributed by atoms with Gasteiger partial charge in [0.15, 0.2) is 0 Å². The molecule has 0 aromatic rings. The maximum atomic E-state index is 12.4. The lowest BCUT2D eigenvalue weighted by Gasteiger charge is -2.26. The lowest BCUT2D eigenvalue weighted by Crippen LogP contribution is -2.47. The van der Waals surface area contributed by atoms with Crippen LogP contribution in [0.3, 0.4) is 0 Å². The fourth-order valence-corrected chi connectivity index (χ4v) is 3.05. The molecule has 1 amide bonds. The van der Waals surface area contributed by atoms with Gasteiger partial charge in [-0.3, -0.25) is 4.79 Å². The SMILES string of the molecule is CC1CC(C)N(C(=O)C2CCCCCN2)C1. The minimum Gasteiger partial charge on any atom is -0.338 e. The number of likely N-dealkylation sites (tertiary alicyclic amines) is 1. The predicted octanol–water partition coefficient (Wildman–Crippen LogP) is 1.78. The average Bonchev–Trinajstić information content (AvgIpc) is 2.49. The Morgan fingerprint density at radius 2 is 2.06 bits per heavy atom. The molecule has 3 unspecified atom stereocenters. The van der Waals surface area contributed by atoms with Gasteiger partial charge in [0.05, 0.1) is 6.04 Å². The lowest BCUT2D eigenvalue weighted by molar-refractivity contribution is -0.134. The van der Waals surface area contributed by atoms with E-state index in [1.807, 2.05) is 0 Å².